The van der Waals surface area contributed by atoms with Crippen LogP contribution in [0.3, 0.4) is 0 Å². The lowest BCUT2D eigenvalue weighted by molar-refractivity contribution is 0.166. The molecule has 2 aliphatic rings. The van der Waals surface area contributed by atoms with E-state index in [1.807, 2.05) is 10.9 Å². The van der Waals surface area contributed by atoms with Crippen molar-refractivity contribution >= 4 is 0 Å². The number of aryl methyl sites for hydroxylation is 1. The van der Waals surface area contributed by atoms with Crippen LogP contribution in [0.15, 0.2) is 12.4 Å². The topological polar surface area (TPSA) is 33.1 Å². The van der Waals surface area contributed by atoms with Crippen molar-refractivity contribution in [3.8, 4) is 0 Å². The monoisotopic (exact) mass is 248 g/mol. The highest BCUT2D eigenvalue weighted by atomic mass is 15.3. The second-order valence-corrected chi connectivity index (χ2v) is 5.64. The summed E-state index contributed by atoms with van der Waals surface area (Å²) < 4.78 is 2.00. The highest BCUT2D eigenvalue weighted by molar-refractivity contribution is 5.04. The molecular formula is C14H24N4. The molecule has 2 aliphatic heterocycles. The molecule has 0 saturated carbocycles. The van der Waals surface area contributed by atoms with E-state index in [1.54, 1.807) is 0 Å². The summed E-state index contributed by atoms with van der Waals surface area (Å²) >= 11 is 0. The average molecular weight is 248 g/mol. The van der Waals surface area contributed by atoms with E-state index in [1.165, 1.54) is 44.3 Å². The molecule has 100 valence electrons. The van der Waals surface area contributed by atoms with Crippen LogP contribution in [0.25, 0.3) is 0 Å². The Morgan fingerprint density at radius 3 is 3.17 bits per heavy atom. The highest BCUT2D eigenvalue weighted by Gasteiger charge is 2.31. The molecule has 4 nitrogen and oxygen atoms in total. The molecule has 3 heterocycles. The number of nitrogens with zero attached hydrogens (tertiary/aromatic N) is 3. The first-order chi connectivity index (χ1) is 8.85. The quantitative estimate of drug-likeness (QED) is 0.879. The Morgan fingerprint density at radius 1 is 1.39 bits per heavy atom. The van der Waals surface area contributed by atoms with Gasteiger partial charge in [-0.2, -0.15) is 5.10 Å². The minimum atomic E-state index is 0.703. The molecule has 2 unspecified atom stereocenters. The zero-order valence-corrected chi connectivity index (χ0v) is 11.3. The van der Waals surface area contributed by atoms with Crippen molar-refractivity contribution in [3.05, 3.63) is 18.0 Å². The van der Waals surface area contributed by atoms with Crippen LogP contribution in [0.1, 0.15) is 38.2 Å². The van der Waals surface area contributed by atoms with E-state index < -0.39 is 0 Å². The largest absolute Gasteiger partial charge is 0.310 e. The van der Waals surface area contributed by atoms with Gasteiger partial charge in [0.05, 0.1) is 6.20 Å². The van der Waals surface area contributed by atoms with Crippen LogP contribution in [-0.2, 0) is 13.1 Å². The zero-order chi connectivity index (χ0) is 12.4. The van der Waals surface area contributed by atoms with Crippen molar-refractivity contribution in [1.82, 2.24) is 20.0 Å². The number of nitrogens with one attached hydrogen (secondary N) is 1. The molecule has 0 aliphatic carbocycles. The van der Waals surface area contributed by atoms with Gasteiger partial charge in [0.1, 0.15) is 0 Å². The molecule has 2 atom stereocenters. The van der Waals surface area contributed by atoms with E-state index >= 15 is 0 Å². The van der Waals surface area contributed by atoms with Crippen LogP contribution in [0.2, 0.25) is 0 Å². The first kappa shape index (κ1) is 12.2. The minimum Gasteiger partial charge on any atom is -0.310 e. The molecule has 2 fully saturated rings. The molecular weight excluding hydrogens is 224 g/mol. The summed E-state index contributed by atoms with van der Waals surface area (Å²) in [5, 5.41) is 8.03. The lowest BCUT2D eigenvalue weighted by Gasteiger charge is -2.35. The Morgan fingerprint density at radius 2 is 2.33 bits per heavy atom. The minimum absolute atomic E-state index is 0.703. The van der Waals surface area contributed by atoms with Crippen molar-refractivity contribution in [1.29, 1.82) is 0 Å². The average Bonchev–Trinajstić information content (AvgIpc) is 3.04. The fourth-order valence-electron chi connectivity index (χ4n) is 3.34. The SMILES string of the molecule is CCn1cc(CNC2CCN3CCCC3C2)cn1. The Balaban J connectivity index is 1.48. The first-order valence-electron chi connectivity index (χ1n) is 7.34. The normalized spacial score (nSPS) is 28.5. The molecule has 4 heteroatoms. The van der Waals surface area contributed by atoms with Crippen LogP contribution < -0.4 is 5.32 Å². The summed E-state index contributed by atoms with van der Waals surface area (Å²) in [5.74, 6) is 0. The Labute approximate surface area is 109 Å². The third-order valence-corrected chi connectivity index (χ3v) is 4.43. The van der Waals surface area contributed by atoms with Crippen molar-refractivity contribution < 1.29 is 0 Å². The number of aromatic nitrogens is 2. The zero-order valence-electron chi connectivity index (χ0n) is 11.3. The summed E-state index contributed by atoms with van der Waals surface area (Å²) in [6.07, 6.45) is 9.59. The fourth-order valence-corrected chi connectivity index (χ4v) is 3.34. The predicted octanol–water partition coefficient (Wildman–Crippen LogP) is 1.62. The van der Waals surface area contributed by atoms with Crippen LogP contribution in [0.4, 0.5) is 0 Å². The van der Waals surface area contributed by atoms with Gasteiger partial charge in [-0.1, -0.05) is 0 Å². The van der Waals surface area contributed by atoms with Gasteiger partial charge in [-0.15, -0.1) is 0 Å². The molecule has 1 N–H and O–H groups in total. The highest BCUT2D eigenvalue weighted by Crippen LogP contribution is 2.26. The van der Waals surface area contributed by atoms with E-state index in [9.17, 15) is 0 Å². The molecule has 1 aromatic heterocycles. The molecule has 0 aromatic carbocycles. The van der Waals surface area contributed by atoms with Gasteiger partial charge in [-0.05, 0) is 45.7 Å². The molecule has 3 rings (SSSR count). The van der Waals surface area contributed by atoms with E-state index in [2.05, 4.69) is 28.4 Å². The van der Waals surface area contributed by atoms with Gasteiger partial charge < -0.3 is 10.2 Å². The maximum Gasteiger partial charge on any atom is 0.0534 e. The molecule has 0 spiro atoms. The summed E-state index contributed by atoms with van der Waals surface area (Å²) in [7, 11) is 0. The summed E-state index contributed by atoms with van der Waals surface area (Å²) in [6, 6.07) is 1.56. The molecule has 0 bridgehead atoms. The Bertz CT molecular complexity index is 387. The van der Waals surface area contributed by atoms with Gasteiger partial charge in [0, 0.05) is 36.9 Å². The van der Waals surface area contributed by atoms with E-state index in [4.69, 9.17) is 0 Å². The smallest absolute Gasteiger partial charge is 0.0534 e. The summed E-state index contributed by atoms with van der Waals surface area (Å²) in [6.45, 7) is 6.68. The van der Waals surface area contributed by atoms with E-state index in [0.29, 0.717) is 6.04 Å². The van der Waals surface area contributed by atoms with Gasteiger partial charge in [-0.3, -0.25) is 4.68 Å². The van der Waals surface area contributed by atoms with Crippen molar-refractivity contribution in [2.75, 3.05) is 13.1 Å². The van der Waals surface area contributed by atoms with Crippen LogP contribution in [0.5, 0.6) is 0 Å². The van der Waals surface area contributed by atoms with Gasteiger partial charge >= 0.3 is 0 Å². The first-order valence-corrected chi connectivity index (χ1v) is 7.34. The Hall–Kier alpha value is -0.870. The second kappa shape index (κ2) is 5.41. The number of fused-ring (bicyclic) bond motifs is 1. The van der Waals surface area contributed by atoms with Crippen LogP contribution in [-0.4, -0.2) is 39.9 Å². The lowest BCUT2D eigenvalue weighted by Crippen LogP contribution is -2.45. The van der Waals surface area contributed by atoms with Gasteiger partial charge in [-0.25, -0.2) is 0 Å². The number of piperidine rings is 1. The summed E-state index contributed by atoms with van der Waals surface area (Å²) in [5.41, 5.74) is 1.31. The molecule has 0 amide bonds. The summed E-state index contributed by atoms with van der Waals surface area (Å²) in [4.78, 5) is 2.67. The second-order valence-electron chi connectivity index (χ2n) is 5.64. The molecule has 1 aromatic rings. The van der Waals surface area contributed by atoms with Crippen molar-refractivity contribution in [2.24, 2.45) is 0 Å². The van der Waals surface area contributed by atoms with E-state index in [-0.39, 0.29) is 0 Å². The molecule has 0 radical (unpaired) electrons. The number of rotatable bonds is 4. The standard InChI is InChI=1S/C14H24N4/c1-2-18-11-12(10-16-18)9-15-13-5-7-17-6-3-4-14(17)8-13/h10-11,13-15H,2-9H2,1H3. The van der Waals surface area contributed by atoms with Crippen LogP contribution >= 0.6 is 0 Å². The third-order valence-electron chi connectivity index (χ3n) is 4.43. The molecule has 2 saturated heterocycles. The van der Waals surface area contributed by atoms with E-state index in [0.717, 1.165) is 19.1 Å². The number of hydrogen-bond acceptors (Lipinski definition) is 3. The van der Waals surface area contributed by atoms with Crippen LogP contribution in [0, 0.1) is 0 Å². The van der Waals surface area contributed by atoms with Gasteiger partial charge in [0.25, 0.3) is 0 Å². The maximum atomic E-state index is 4.32. The van der Waals surface area contributed by atoms with Gasteiger partial charge in [0.15, 0.2) is 0 Å². The number of hydrogen-bond donors (Lipinski definition) is 1. The third kappa shape index (κ3) is 2.59. The fraction of sp³-hybridized carbons (Fsp3) is 0.786. The van der Waals surface area contributed by atoms with Crippen molar-refractivity contribution in [3.63, 3.8) is 0 Å². The van der Waals surface area contributed by atoms with Crippen molar-refractivity contribution in [2.45, 2.75) is 57.8 Å². The Kier molecular flexibility index (Phi) is 3.66. The predicted molar refractivity (Wildman–Crippen MR) is 72.4 cm³/mol. The van der Waals surface area contributed by atoms with Gasteiger partial charge in [0.2, 0.25) is 0 Å². The molecule has 18 heavy (non-hydrogen) atoms. The maximum absolute atomic E-state index is 4.32. The lowest BCUT2D eigenvalue weighted by atomic mass is 9.97.